The number of pyridine rings is 1. The lowest BCUT2D eigenvalue weighted by atomic mass is 10.3. The molecule has 0 aromatic carbocycles. The van der Waals surface area contributed by atoms with Crippen LogP contribution in [0.1, 0.15) is 5.82 Å². The first-order chi connectivity index (χ1) is 7.66. The van der Waals surface area contributed by atoms with Crippen LogP contribution in [-0.2, 0) is 13.6 Å². The molecule has 0 aliphatic heterocycles. The summed E-state index contributed by atoms with van der Waals surface area (Å²) in [6.45, 7) is 0.745. The van der Waals surface area contributed by atoms with Crippen molar-refractivity contribution in [3.05, 3.63) is 36.5 Å². The van der Waals surface area contributed by atoms with Crippen molar-refractivity contribution in [3.8, 4) is 0 Å². The van der Waals surface area contributed by atoms with Gasteiger partial charge in [0.05, 0.1) is 18.4 Å². The zero-order chi connectivity index (χ0) is 11.5. The summed E-state index contributed by atoms with van der Waals surface area (Å²) in [6, 6.07) is 3.75. The molecular formula is C11H15N5. The Labute approximate surface area is 94.5 Å². The third kappa shape index (κ3) is 2.13. The van der Waals surface area contributed by atoms with Crippen molar-refractivity contribution >= 4 is 11.5 Å². The molecule has 84 valence electrons. The van der Waals surface area contributed by atoms with E-state index in [0.717, 1.165) is 18.1 Å². The van der Waals surface area contributed by atoms with Crippen LogP contribution in [-0.4, -0.2) is 21.6 Å². The molecule has 16 heavy (non-hydrogen) atoms. The molecule has 0 aliphatic rings. The van der Waals surface area contributed by atoms with E-state index >= 15 is 0 Å². The first-order valence-electron chi connectivity index (χ1n) is 5.05. The van der Waals surface area contributed by atoms with Crippen molar-refractivity contribution in [3.63, 3.8) is 0 Å². The summed E-state index contributed by atoms with van der Waals surface area (Å²) in [6.07, 6.45) is 5.49. The predicted octanol–water partition coefficient (Wildman–Crippen LogP) is 1.03. The van der Waals surface area contributed by atoms with Crippen molar-refractivity contribution < 1.29 is 0 Å². The molecule has 0 bridgehead atoms. The average Bonchev–Trinajstić information content (AvgIpc) is 2.65. The van der Waals surface area contributed by atoms with Gasteiger partial charge in [-0.05, 0) is 12.1 Å². The van der Waals surface area contributed by atoms with Gasteiger partial charge in [-0.3, -0.25) is 0 Å². The minimum absolute atomic E-state index is 0.536. The van der Waals surface area contributed by atoms with Crippen LogP contribution in [0.3, 0.4) is 0 Å². The van der Waals surface area contributed by atoms with Gasteiger partial charge < -0.3 is 15.2 Å². The second-order valence-corrected chi connectivity index (χ2v) is 3.75. The Kier molecular flexibility index (Phi) is 2.76. The van der Waals surface area contributed by atoms with E-state index in [0.29, 0.717) is 5.82 Å². The normalized spacial score (nSPS) is 10.4. The highest BCUT2D eigenvalue weighted by Gasteiger charge is 2.05. The van der Waals surface area contributed by atoms with Crippen LogP contribution in [0.5, 0.6) is 0 Å². The van der Waals surface area contributed by atoms with Crippen LogP contribution >= 0.6 is 0 Å². The van der Waals surface area contributed by atoms with Gasteiger partial charge in [0.2, 0.25) is 0 Å². The molecular weight excluding hydrogens is 202 g/mol. The summed E-state index contributed by atoms with van der Waals surface area (Å²) < 4.78 is 2.00. The average molecular weight is 217 g/mol. The second-order valence-electron chi connectivity index (χ2n) is 3.75. The van der Waals surface area contributed by atoms with Crippen LogP contribution in [0, 0.1) is 0 Å². The van der Waals surface area contributed by atoms with Crippen LogP contribution < -0.4 is 10.6 Å². The summed E-state index contributed by atoms with van der Waals surface area (Å²) in [5, 5.41) is 0. The van der Waals surface area contributed by atoms with E-state index in [1.54, 1.807) is 18.5 Å². The Bertz CT molecular complexity index is 459. The SMILES string of the molecule is CN(Cc1nccn1C)c1ccc(N)nc1. The first-order valence-corrected chi connectivity index (χ1v) is 5.05. The van der Waals surface area contributed by atoms with Gasteiger partial charge in [-0.25, -0.2) is 9.97 Å². The van der Waals surface area contributed by atoms with E-state index in [4.69, 9.17) is 5.73 Å². The highest BCUT2D eigenvalue weighted by atomic mass is 15.2. The maximum atomic E-state index is 5.54. The molecule has 0 spiro atoms. The molecule has 0 amide bonds. The molecule has 0 radical (unpaired) electrons. The first kappa shape index (κ1) is 10.5. The molecule has 2 aromatic rings. The van der Waals surface area contributed by atoms with Crippen molar-refractivity contribution in [2.45, 2.75) is 6.54 Å². The number of aryl methyl sites for hydroxylation is 1. The number of rotatable bonds is 3. The minimum Gasteiger partial charge on any atom is -0.384 e. The summed E-state index contributed by atoms with van der Waals surface area (Å²) in [5.74, 6) is 1.55. The Balaban J connectivity index is 2.11. The van der Waals surface area contributed by atoms with Crippen LogP contribution in [0.25, 0.3) is 0 Å². The Morgan fingerprint density at radius 2 is 2.19 bits per heavy atom. The molecule has 0 atom stereocenters. The van der Waals surface area contributed by atoms with Crippen molar-refractivity contribution in [2.75, 3.05) is 17.7 Å². The molecule has 2 heterocycles. The van der Waals surface area contributed by atoms with Crippen molar-refractivity contribution in [1.29, 1.82) is 0 Å². The lowest BCUT2D eigenvalue weighted by molar-refractivity contribution is 0.761. The van der Waals surface area contributed by atoms with Crippen molar-refractivity contribution in [2.24, 2.45) is 7.05 Å². The molecule has 0 aliphatic carbocycles. The summed E-state index contributed by atoms with van der Waals surface area (Å²) in [7, 11) is 3.99. The molecule has 0 fully saturated rings. The molecule has 0 saturated carbocycles. The smallest absolute Gasteiger partial charge is 0.127 e. The third-order valence-electron chi connectivity index (χ3n) is 2.51. The fraction of sp³-hybridized carbons (Fsp3) is 0.273. The zero-order valence-corrected chi connectivity index (χ0v) is 9.46. The Hall–Kier alpha value is -2.04. The van der Waals surface area contributed by atoms with Gasteiger partial charge in [0.25, 0.3) is 0 Å². The highest BCUT2D eigenvalue weighted by Crippen LogP contribution is 2.14. The molecule has 5 heteroatoms. The van der Waals surface area contributed by atoms with Crippen LogP contribution in [0.2, 0.25) is 0 Å². The summed E-state index contributed by atoms with van der Waals surface area (Å²) in [4.78, 5) is 10.4. The fourth-order valence-electron chi connectivity index (χ4n) is 1.48. The van der Waals surface area contributed by atoms with Gasteiger partial charge in [-0.2, -0.15) is 0 Å². The Morgan fingerprint density at radius 3 is 2.75 bits per heavy atom. The molecule has 2 N–H and O–H groups in total. The van der Waals surface area contributed by atoms with Gasteiger partial charge in [0.1, 0.15) is 11.6 Å². The fourth-order valence-corrected chi connectivity index (χ4v) is 1.48. The van der Waals surface area contributed by atoms with Gasteiger partial charge in [0, 0.05) is 26.5 Å². The zero-order valence-electron chi connectivity index (χ0n) is 9.46. The highest BCUT2D eigenvalue weighted by molar-refractivity contribution is 5.47. The van der Waals surface area contributed by atoms with Gasteiger partial charge in [-0.15, -0.1) is 0 Å². The lowest BCUT2D eigenvalue weighted by Crippen LogP contribution is -2.19. The number of hydrogen-bond acceptors (Lipinski definition) is 4. The standard InChI is InChI=1S/C11H15N5/c1-15-6-5-13-11(15)8-16(2)9-3-4-10(12)14-7-9/h3-7H,8H2,1-2H3,(H2,12,14). The predicted molar refractivity (Wildman–Crippen MR) is 64.0 cm³/mol. The van der Waals surface area contributed by atoms with E-state index in [1.165, 1.54) is 0 Å². The van der Waals surface area contributed by atoms with Crippen molar-refractivity contribution in [1.82, 2.24) is 14.5 Å². The summed E-state index contributed by atoms with van der Waals surface area (Å²) in [5.41, 5.74) is 6.57. The molecule has 5 nitrogen and oxygen atoms in total. The number of aromatic nitrogens is 3. The van der Waals surface area contributed by atoms with E-state index in [9.17, 15) is 0 Å². The third-order valence-corrected chi connectivity index (χ3v) is 2.51. The topological polar surface area (TPSA) is 60.0 Å². The van der Waals surface area contributed by atoms with E-state index in [-0.39, 0.29) is 0 Å². The van der Waals surface area contributed by atoms with Crippen LogP contribution in [0.4, 0.5) is 11.5 Å². The number of nitrogens with two attached hydrogens (primary N) is 1. The summed E-state index contributed by atoms with van der Waals surface area (Å²) >= 11 is 0. The largest absolute Gasteiger partial charge is 0.384 e. The van der Waals surface area contributed by atoms with Crippen LogP contribution in [0.15, 0.2) is 30.7 Å². The lowest BCUT2D eigenvalue weighted by Gasteiger charge is -2.18. The Morgan fingerprint density at radius 1 is 1.38 bits per heavy atom. The van der Waals surface area contributed by atoms with Gasteiger partial charge in [0.15, 0.2) is 0 Å². The monoisotopic (exact) mass is 217 g/mol. The molecule has 2 rings (SSSR count). The number of anilines is 2. The van der Waals surface area contributed by atoms with Gasteiger partial charge >= 0.3 is 0 Å². The second kappa shape index (κ2) is 4.22. The maximum absolute atomic E-state index is 5.54. The molecule has 0 saturated heterocycles. The number of imidazole rings is 1. The van der Waals surface area contributed by atoms with E-state index in [1.807, 2.05) is 30.9 Å². The maximum Gasteiger partial charge on any atom is 0.127 e. The number of nitrogens with zero attached hydrogens (tertiary/aromatic N) is 4. The number of nitrogen functional groups attached to an aromatic ring is 1. The molecule has 2 aromatic heterocycles. The quantitative estimate of drug-likeness (QED) is 0.834. The molecule has 0 unspecified atom stereocenters. The number of hydrogen-bond donors (Lipinski definition) is 1. The van der Waals surface area contributed by atoms with Gasteiger partial charge in [-0.1, -0.05) is 0 Å². The minimum atomic E-state index is 0.536. The van der Waals surface area contributed by atoms with E-state index in [2.05, 4.69) is 14.9 Å². The van der Waals surface area contributed by atoms with E-state index < -0.39 is 0 Å².